The van der Waals surface area contributed by atoms with Crippen LogP contribution in [-0.4, -0.2) is 46.0 Å². The van der Waals surface area contributed by atoms with Crippen LogP contribution in [0.1, 0.15) is 12.8 Å². The predicted octanol–water partition coefficient (Wildman–Crippen LogP) is 1.24. The summed E-state index contributed by atoms with van der Waals surface area (Å²) in [4.78, 5) is 18.6. The maximum Gasteiger partial charge on any atom is 0.244 e. The van der Waals surface area contributed by atoms with Gasteiger partial charge in [-0.2, -0.15) is 0 Å². The molecule has 4 rings (SSSR count). The lowest BCUT2D eigenvalue weighted by molar-refractivity contribution is -0.118. The third-order valence-corrected chi connectivity index (χ3v) is 5.03. The van der Waals surface area contributed by atoms with Crippen molar-refractivity contribution in [3.8, 4) is 0 Å². The van der Waals surface area contributed by atoms with Gasteiger partial charge in [-0.1, -0.05) is 11.8 Å². The summed E-state index contributed by atoms with van der Waals surface area (Å²) in [5.41, 5.74) is 0. The van der Waals surface area contributed by atoms with Crippen LogP contribution in [0, 0.1) is 5.92 Å². The normalized spacial score (nSPS) is 28.9. The molecule has 1 aromatic rings. The number of imidazole rings is 1. The van der Waals surface area contributed by atoms with Crippen LogP contribution in [0.2, 0.25) is 0 Å². The molecule has 3 fully saturated rings. The Kier molecular flexibility index (Phi) is 4.12. The number of fused-ring (bicyclic) bond motifs is 3. The first-order valence-electron chi connectivity index (χ1n) is 7.06. The van der Waals surface area contributed by atoms with Crippen molar-refractivity contribution in [3.63, 3.8) is 0 Å². The lowest BCUT2D eigenvalue weighted by Crippen LogP contribution is -2.57. The number of thioether (sulfide) groups is 1. The van der Waals surface area contributed by atoms with Crippen LogP contribution in [0.25, 0.3) is 0 Å². The van der Waals surface area contributed by atoms with Crippen molar-refractivity contribution in [2.45, 2.75) is 24.0 Å². The lowest BCUT2D eigenvalue weighted by atomic mass is 9.84. The summed E-state index contributed by atoms with van der Waals surface area (Å²) in [5.74, 6) is 0.671. The molecule has 1 atom stereocenters. The Morgan fingerprint density at radius 2 is 2.30 bits per heavy atom. The van der Waals surface area contributed by atoms with Crippen molar-refractivity contribution in [2.75, 3.05) is 19.6 Å². The zero-order valence-corrected chi connectivity index (χ0v) is 12.5. The summed E-state index contributed by atoms with van der Waals surface area (Å²) < 4.78 is 1.93. The van der Waals surface area contributed by atoms with E-state index in [9.17, 15) is 4.79 Å². The van der Waals surface area contributed by atoms with E-state index < -0.39 is 0 Å². The topological polar surface area (TPSA) is 50.2 Å². The second kappa shape index (κ2) is 6.01. The van der Waals surface area contributed by atoms with E-state index in [2.05, 4.69) is 15.2 Å². The molecule has 3 aliphatic rings. The smallest absolute Gasteiger partial charge is 0.244 e. The van der Waals surface area contributed by atoms with Gasteiger partial charge in [0.05, 0.1) is 0 Å². The Bertz CT molecular complexity index is 505. The number of aromatic nitrogens is 2. The highest BCUT2D eigenvalue weighted by Gasteiger charge is 2.34. The van der Waals surface area contributed by atoms with Crippen molar-refractivity contribution in [2.24, 2.45) is 13.0 Å². The molecule has 0 radical (unpaired) electrons. The number of rotatable bonds is 4. The summed E-state index contributed by atoms with van der Waals surface area (Å²) in [7, 11) is 1.94. The largest absolute Gasteiger partial charge is 0.348 e. The monoisotopic (exact) mass is 292 g/mol. The van der Waals surface area contributed by atoms with Gasteiger partial charge in [-0.05, 0) is 37.3 Å². The predicted molar refractivity (Wildman–Crippen MR) is 79.3 cm³/mol. The molecule has 4 heterocycles. The Morgan fingerprint density at radius 3 is 2.90 bits per heavy atom. The first-order chi connectivity index (χ1) is 9.72. The maximum absolute atomic E-state index is 11.9. The van der Waals surface area contributed by atoms with Crippen molar-refractivity contribution >= 4 is 17.7 Å². The standard InChI is InChI=1S/C14H20N4OS/c1-17-8-5-15-14(17)20-9-4-13(19)16-12-10-18-6-2-11(12)3-7-18/h4-5,8-9,11-12H,2-3,6-7,10H2,1H3,(H,16,19)/b9-4-. The summed E-state index contributed by atoms with van der Waals surface area (Å²) in [6, 6.07) is 0.327. The average molecular weight is 292 g/mol. The summed E-state index contributed by atoms with van der Waals surface area (Å²) in [6.07, 6.45) is 7.69. The van der Waals surface area contributed by atoms with Gasteiger partial charge in [0, 0.05) is 38.1 Å². The van der Waals surface area contributed by atoms with Crippen molar-refractivity contribution in [1.82, 2.24) is 19.8 Å². The van der Waals surface area contributed by atoms with Crippen LogP contribution in [0.5, 0.6) is 0 Å². The van der Waals surface area contributed by atoms with Crippen LogP contribution >= 0.6 is 11.8 Å². The molecule has 3 aliphatic heterocycles. The first kappa shape index (κ1) is 13.7. The highest BCUT2D eigenvalue weighted by Crippen LogP contribution is 2.27. The number of hydrogen-bond acceptors (Lipinski definition) is 4. The molecule has 6 heteroatoms. The Labute approximate surface area is 123 Å². The number of piperidine rings is 3. The van der Waals surface area contributed by atoms with E-state index in [0.29, 0.717) is 12.0 Å². The quantitative estimate of drug-likeness (QED) is 0.670. The van der Waals surface area contributed by atoms with Crippen molar-refractivity contribution in [1.29, 1.82) is 0 Å². The number of carbonyl (C=O) groups excluding carboxylic acids is 1. The zero-order valence-electron chi connectivity index (χ0n) is 11.7. The first-order valence-corrected chi connectivity index (χ1v) is 7.94. The van der Waals surface area contributed by atoms with E-state index in [-0.39, 0.29) is 5.91 Å². The van der Waals surface area contributed by atoms with Gasteiger partial charge in [-0.15, -0.1) is 0 Å². The zero-order chi connectivity index (χ0) is 13.9. The fourth-order valence-corrected chi connectivity index (χ4v) is 3.64. The van der Waals surface area contributed by atoms with Crippen LogP contribution < -0.4 is 5.32 Å². The fourth-order valence-electron chi connectivity index (χ4n) is 2.98. The van der Waals surface area contributed by atoms with Gasteiger partial charge < -0.3 is 14.8 Å². The Morgan fingerprint density at radius 1 is 1.50 bits per heavy atom. The van der Waals surface area contributed by atoms with Gasteiger partial charge in [0.1, 0.15) is 0 Å². The number of hydrogen-bond donors (Lipinski definition) is 1. The van der Waals surface area contributed by atoms with Gasteiger partial charge in [0.2, 0.25) is 5.91 Å². The van der Waals surface area contributed by atoms with E-state index in [0.717, 1.165) is 11.7 Å². The molecule has 0 aliphatic carbocycles. The third kappa shape index (κ3) is 3.07. The van der Waals surface area contributed by atoms with Gasteiger partial charge in [0.25, 0.3) is 0 Å². The second-order valence-electron chi connectivity index (χ2n) is 5.49. The van der Waals surface area contributed by atoms with Crippen LogP contribution in [-0.2, 0) is 11.8 Å². The molecule has 5 nitrogen and oxygen atoms in total. The van der Waals surface area contributed by atoms with Crippen LogP contribution in [0.4, 0.5) is 0 Å². The van der Waals surface area contributed by atoms with Crippen molar-refractivity contribution < 1.29 is 4.79 Å². The molecule has 1 amide bonds. The van der Waals surface area contributed by atoms with Crippen molar-refractivity contribution in [3.05, 3.63) is 23.9 Å². The number of nitrogens with zero attached hydrogens (tertiary/aromatic N) is 3. The van der Waals surface area contributed by atoms with E-state index in [1.165, 1.54) is 37.7 Å². The Balaban J connectivity index is 1.49. The molecule has 1 aromatic heterocycles. The molecule has 1 N–H and O–H groups in total. The average Bonchev–Trinajstić information content (AvgIpc) is 2.86. The SMILES string of the molecule is Cn1ccnc1S/C=C\C(=O)NC1CN2CCC1CC2. The molecule has 0 aromatic carbocycles. The number of carbonyl (C=O) groups is 1. The van der Waals surface area contributed by atoms with E-state index in [1.54, 1.807) is 17.7 Å². The highest BCUT2D eigenvalue weighted by atomic mass is 32.2. The molecular formula is C14H20N4OS. The Hall–Kier alpha value is -1.27. The number of aryl methyl sites for hydroxylation is 1. The van der Waals surface area contributed by atoms with Crippen LogP contribution in [0.3, 0.4) is 0 Å². The molecular weight excluding hydrogens is 272 g/mol. The van der Waals surface area contributed by atoms with Gasteiger partial charge in [0.15, 0.2) is 5.16 Å². The van der Waals surface area contributed by atoms with E-state index in [4.69, 9.17) is 0 Å². The molecule has 108 valence electrons. The highest BCUT2D eigenvalue weighted by molar-refractivity contribution is 8.02. The van der Waals surface area contributed by atoms with Gasteiger partial charge in [-0.25, -0.2) is 4.98 Å². The minimum Gasteiger partial charge on any atom is -0.348 e. The molecule has 3 saturated heterocycles. The third-order valence-electron chi connectivity index (χ3n) is 4.15. The minimum atomic E-state index is 0.00505. The molecule has 0 saturated carbocycles. The van der Waals surface area contributed by atoms with Crippen LogP contribution in [0.15, 0.2) is 29.0 Å². The molecule has 0 spiro atoms. The summed E-state index contributed by atoms with van der Waals surface area (Å²) in [6.45, 7) is 3.40. The number of nitrogens with one attached hydrogen (secondary N) is 1. The molecule has 2 bridgehead atoms. The summed E-state index contributed by atoms with van der Waals surface area (Å²) >= 11 is 1.46. The minimum absolute atomic E-state index is 0.00505. The lowest BCUT2D eigenvalue weighted by Gasteiger charge is -2.44. The summed E-state index contributed by atoms with van der Waals surface area (Å²) in [5, 5.41) is 5.83. The second-order valence-corrected chi connectivity index (χ2v) is 6.37. The maximum atomic E-state index is 11.9. The van der Waals surface area contributed by atoms with Gasteiger partial charge in [-0.3, -0.25) is 4.79 Å². The fraction of sp³-hybridized carbons (Fsp3) is 0.571. The van der Waals surface area contributed by atoms with Gasteiger partial charge >= 0.3 is 0 Å². The number of amides is 1. The van der Waals surface area contributed by atoms with E-state index in [1.807, 2.05) is 17.8 Å². The van der Waals surface area contributed by atoms with E-state index >= 15 is 0 Å². The molecule has 1 unspecified atom stereocenters. The molecule has 20 heavy (non-hydrogen) atoms.